The van der Waals surface area contributed by atoms with Gasteiger partial charge in [-0.25, -0.2) is 0 Å². The second-order valence-corrected chi connectivity index (χ2v) is 7.36. The van der Waals surface area contributed by atoms with Crippen LogP contribution in [0.15, 0.2) is 91.0 Å². The molecule has 0 spiro atoms. The predicted molar refractivity (Wildman–Crippen MR) is 109 cm³/mol. The Morgan fingerprint density at radius 2 is 1.14 bits per heavy atom. The molecule has 1 saturated carbocycles. The summed E-state index contributed by atoms with van der Waals surface area (Å²) in [7, 11) is 0. The van der Waals surface area contributed by atoms with Crippen molar-refractivity contribution in [1.29, 1.82) is 0 Å². The summed E-state index contributed by atoms with van der Waals surface area (Å²) in [6.07, 6.45) is 0. The van der Waals surface area contributed by atoms with Crippen LogP contribution in [-0.4, -0.2) is 17.0 Å². The Morgan fingerprint density at radius 3 is 1.59 bits per heavy atom. The van der Waals surface area contributed by atoms with E-state index in [0.717, 1.165) is 16.7 Å². The van der Waals surface area contributed by atoms with E-state index in [1.54, 1.807) is 0 Å². The lowest BCUT2D eigenvalue weighted by molar-refractivity contribution is -0.165. The minimum Gasteiger partial charge on any atom is -0.481 e. The molecular weight excluding hydrogens is 364 g/mol. The maximum Gasteiger partial charge on any atom is 0.310 e. The van der Waals surface area contributed by atoms with Gasteiger partial charge in [0.05, 0.1) is 11.8 Å². The summed E-state index contributed by atoms with van der Waals surface area (Å²) >= 11 is 0. The van der Waals surface area contributed by atoms with Crippen molar-refractivity contribution in [2.75, 3.05) is 0 Å². The van der Waals surface area contributed by atoms with E-state index in [1.165, 1.54) is 0 Å². The lowest BCUT2D eigenvalue weighted by Crippen LogP contribution is -2.51. The van der Waals surface area contributed by atoms with Crippen LogP contribution < -0.4 is 0 Å². The molecule has 4 atom stereocenters. The maximum atomic E-state index is 13.1. The first-order chi connectivity index (χ1) is 14.2. The number of carboxylic acids is 1. The molecule has 4 heteroatoms. The molecule has 0 amide bonds. The highest BCUT2D eigenvalue weighted by molar-refractivity contribution is 5.84. The number of carbonyl (C=O) groups excluding carboxylic acids is 1. The average Bonchev–Trinajstić information content (AvgIpc) is 2.73. The van der Waals surface area contributed by atoms with Crippen molar-refractivity contribution >= 4 is 11.9 Å². The van der Waals surface area contributed by atoms with E-state index in [0.29, 0.717) is 0 Å². The molecule has 1 fully saturated rings. The van der Waals surface area contributed by atoms with Crippen molar-refractivity contribution in [2.24, 2.45) is 11.8 Å². The number of hydrogen-bond acceptors (Lipinski definition) is 3. The van der Waals surface area contributed by atoms with Gasteiger partial charge in [0.1, 0.15) is 6.61 Å². The van der Waals surface area contributed by atoms with Crippen LogP contribution in [-0.2, 0) is 20.9 Å². The molecule has 3 aromatic rings. The second-order valence-electron chi connectivity index (χ2n) is 7.36. The minimum absolute atomic E-state index is 0.178. The quantitative estimate of drug-likeness (QED) is 0.628. The van der Waals surface area contributed by atoms with Crippen molar-refractivity contribution in [2.45, 2.75) is 18.4 Å². The summed E-state index contributed by atoms with van der Waals surface area (Å²) in [6, 6.07) is 28.3. The summed E-state index contributed by atoms with van der Waals surface area (Å²) in [5.41, 5.74) is 2.62. The van der Waals surface area contributed by atoms with E-state index in [9.17, 15) is 14.7 Å². The molecule has 4 nitrogen and oxygen atoms in total. The summed E-state index contributed by atoms with van der Waals surface area (Å²) in [6.45, 7) is 0.178. The zero-order chi connectivity index (χ0) is 20.2. The number of rotatable bonds is 6. The van der Waals surface area contributed by atoms with Crippen molar-refractivity contribution in [3.8, 4) is 0 Å². The Balaban J connectivity index is 1.65. The Kier molecular flexibility index (Phi) is 5.43. The van der Waals surface area contributed by atoms with Crippen LogP contribution in [0.5, 0.6) is 0 Å². The van der Waals surface area contributed by atoms with E-state index < -0.39 is 29.6 Å². The molecule has 4 rings (SSSR count). The largest absolute Gasteiger partial charge is 0.481 e. The van der Waals surface area contributed by atoms with Crippen molar-refractivity contribution < 1.29 is 19.4 Å². The number of ether oxygens (including phenoxy) is 1. The fraction of sp³-hybridized carbons (Fsp3) is 0.200. The van der Waals surface area contributed by atoms with Crippen LogP contribution in [0.2, 0.25) is 0 Å². The number of benzene rings is 3. The number of esters is 1. The first-order valence-corrected chi connectivity index (χ1v) is 9.70. The Morgan fingerprint density at radius 1 is 0.690 bits per heavy atom. The molecule has 1 aliphatic rings. The van der Waals surface area contributed by atoms with Gasteiger partial charge >= 0.3 is 11.9 Å². The maximum absolute atomic E-state index is 13.1. The van der Waals surface area contributed by atoms with Crippen molar-refractivity contribution in [1.82, 2.24) is 0 Å². The Hall–Kier alpha value is -3.40. The zero-order valence-corrected chi connectivity index (χ0v) is 15.8. The molecule has 0 radical (unpaired) electrons. The van der Waals surface area contributed by atoms with E-state index in [1.807, 2.05) is 91.0 Å². The molecule has 2 unspecified atom stereocenters. The lowest BCUT2D eigenvalue weighted by atomic mass is 9.52. The Bertz CT molecular complexity index is 922. The zero-order valence-electron chi connectivity index (χ0n) is 15.8. The van der Waals surface area contributed by atoms with E-state index in [2.05, 4.69) is 0 Å². The fourth-order valence-electron chi connectivity index (χ4n) is 4.35. The highest BCUT2D eigenvalue weighted by Gasteiger charge is 2.59. The third-order valence-electron chi connectivity index (χ3n) is 5.70. The molecule has 1 N–H and O–H groups in total. The first kappa shape index (κ1) is 18.9. The molecule has 0 saturated heterocycles. The molecule has 3 aromatic carbocycles. The van der Waals surface area contributed by atoms with Gasteiger partial charge in [0.2, 0.25) is 0 Å². The van der Waals surface area contributed by atoms with E-state index in [4.69, 9.17) is 4.74 Å². The third kappa shape index (κ3) is 3.79. The molecule has 0 heterocycles. The molecule has 146 valence electrons. The Labute approximate surface area is 169 Å². The molecule has 0 aliphatic heterocycles. The van der Waals surface area contributed by atoms with Crippen molar-refractivity contribution in [3.63, 3.8) is 0 Å². The SMILES string of the molecule is O=C(O)C1[C@@H](c2ccccc2)C(C(=O)OCc2ccccc2)[C@H]1c1ccccc1. The summed E-state index contributed by atoms with van der Waals surface area (Å²) in [4.78, 5) is 25.3. The number of carboxylic acid groups (broad SMARTS) is 1. The van der Waals surface area contributed by atoms with E-state index in [-0.39, 0.29) is 12.6 Å². The number of aliphatic carboxylic acids is 1. The van der Waals surface area contributed by atoms with Gasteiger partial charge in [-0.1, -0.05) is 91.0 Å². The van der Waals surface area contributed by atoms with Gasteiger partial charge in [-0.05, 0) is 16.7 Å². The monoisotopic (exact) mass is 386 g/mol. The first-order valence-electron chi connectivity index (χ1n) is 9.70. The number of carbonyl (C=O) groups is 2. The van der Waals surface area contributed by atoms with Gasteiger partial charge in [-0.3, -0.25) is 9.59 Å². The van der Waals surface area contributed by atoms with Gasteiger partial charge < -0.3 is 9.84 Å². The van der Waals surface area contributed by atoms with Gasteiger partial charge in [0.25, 0.3) is 0 Å². The summed E-state index contributed by atoms with van der Waals surface area (Å²) < 4.78 is 5.63. The smallest absolute Gasteiger partial charge is 0.310 e. The topological polar surface area (TPSA) is 63.6 Å². The number of hydrogen-bond donors (Lipinski definition) is 1. The normalized spacial score (nSPS) is 23.0. The van der Waals surface area contributed by atoms with Crippen molar-refractivity contribution in [3.05, 3.63) is 108 Å². The van der Waals surface area contributed by atoms with Crippen LogP contribution in [0.4, 0.5) is 0 Å². The molecule has 1 aliphatic carbocycles. The second kappa shape index (κ2) is 8.31. The molecule has 0 aromatic heterocycles. The predicted octanol–water partition coefficient (Wildman–Crippen LogP) is 4.63. The van der Waals surface area contributed by atoms with Crippen LogP contribution in [0.25, 0.3) is 0 Å². The van der Waals surface area contributed by atoms with E-state index >= 15 is 0 Å². The van der Waals surface area contributed by atoms with Gasteiger partial charge in [-0.2, -0.15) is 0 Å². The van der Waals surface area contributed by atoms with Gasteiger partial charge in [0.15, 0.2) is 0 Å². The molecule has 0 bridgehead atoms. The fourth-order valence-corrected chi connectivity index (χ4v) is 4.35. The van der Waals surface area contributed by atoms with Crippen LogP contribution in [0.1, 0.15) is 28.5 Å². The molecule has 29 heavy (non-hydrogen) atoms. The summed E-state index contributed by atoms with van der Waals surface area (Å²) in [5.74, 6) is -3.28. The standard InChI is InChI=1S/C25H22O4/c26-24(27)22-20(18-12-6-2-7-13-18)23(21(22)19-14-8-3-9-15-19)25(28)29-16-17-10-4-1-5-11-17/h1-15,20-23H,16H2,(H,26,27)/t20-,21+,22?,23?. The minimum atomic E-state index is -0.889. The van der Waals surface area contributed by atoms with Crippen LogP contribution >= 0.6 is 0 Å². The highest BCUT2D eigenvalue weighted by atomic mass is 16.5. The lowest BCUT2D eigenvalue weighted by Gasteiger charge is -2.49. The molecular formula is C25H22O4. The van der Waals surface area contributed by atoms with Gasteiger partial charge in [0, 0.05) is 11.8 Å². The highest BCUT2D eigenvalue weighted by Crippen LogP contribution is 2.58. The third-order valence-corrected chi connectivity index (χ3v) is 5.70. The van der Waals surface area contributed by atoms with Gasteiger partial charge in [-0.15, -0.1) is 0 Å². The van der Waals surface area contributed by atoms with Crippen LogP contribution in [0.3, 0.4) is 0 Å². The summed E-state index contributed by atoms with van der Waals surface area (Å²) in [5, 5.41) is 9.95. The average molecular weight is 386 g/mol. The van der Waals surface area contributed by atoms with Crippen LogP contribution in [0, 0.1) is 11.8 Å².